The van der Waals surface area contributed by atoms with Crippen molar-refractivity contribution in [1.29, 1.82) is 0 Å². The highest BCUT2D eigenvalue weighted by molar-refractivity contribution is 5.98. The molecule has 0 saturated heterocycles. The summed E-state index contributed by atoms with van der Waals surface area (Å²) in [5, 5.41) is 0. The third-order valence-corrected chi connectivity index (χ3v) is 6.11. The fraction of sp³-hybridized carbons (Fsp3) is 0.333. The summed E-state index contributed by atoms with van der Waals surface area (Å²) in [5.41, 5.74) is 3.77. The van der Waals surface area contributed by atoms with Crippen molar-refractivity contribution in [3.63, 3.8) is 0 Å². The SMILES string of the molecule is CCOC(=O)C1C(=O)OC2=C(CCCC2=Cc2ccc(OC)cc2)C1c1ccc(OC)cc1. The molecular weight excluding hydrogens is 420 g/mol. The van der Waals surface area contributed by atoms with E-state index >= 15 is 0 Å². The van der Waals surface area contributed by atoms with Gasteiger partial charge in [0.1, 0.15) is 17.3 Å². The van der Waals surface area contributed by atoms with E-state index in [0.717, 1.165) is 47.3 Å². The maximum Gasteiger partial charge on any atom is 0.326 e. The van der Waals surface area contributed by atoms with Gasteiger partial charge in [-0.05, 0) is 78.8 Å². The number of ether oxygens (including phenoxy) is 4. The second kappa shape index (κ2) is 9.94. The molecule has 2 aliphatic rings. The van der Waals surface area contributed by atoms with Gasteiger partial charge in [0.05, 0.1) is 20.8 Å². The number of methoxy groups -OCH3 is 2. The summed E-state index contributed by atoms with van der Waals surface area (Å²) in [6, 6.07) is 15.2. The van der Waals surface area contributed by atoms with Crippen LogP contribution in [-0.2, 0) is 19.1 Å². The molecule has 0 bridgehead atoms. The van der Waals surface area contributed by atoms with Gasteiger partial charge in [0, 0.05) is 5.92 Å². The van der Waals surface area contributed by atoms with Crippen LogP contribution >= 0.6 is 0 Å². The van der Waals surface area contributed by atoms with Gasteiger partial charge in [0.2, 0.25) is 0 Å². The lowest BCUT2D eigenvalue weighted by Gasteiger charge is -2.36. The van der Waals surface area contributed by atoms with Crippen molar-refractivity contribution in [3.8, 4) is 11.5 Å². The zero-order valence-corrected chi connectivity index (χ0v) is 19.1. The summed E-state index contributed by atoms with van der Waals surface area (Å²) < 4.78 is 21.6. The monoisotopic (exact) mass is 448 g/mol. The number of esters is 2. The molecule has 0 fully saturated rings. The van der Waals surface area contributed by atoms with Crippen LogP contribution in [-0.4, -0.2) is 32.8 Å². The maximum absolute atomic E-state index is 13.1. The van der Waals surface area contributed by atoms with E-state index in [0.29, 0.717) is 11.5 Å². The lowest BCUT2D eigenvalue weighted by atomic mass is 9.73. The van der Waals surface area contributed by atoms with Crippen molar-refractivity contribution in [2.75, 3.05) is 20.8 Å². The van der Waals surface area contributed by atoms with Gasteiger partial charge in [-0.25, -0.2) is 0 Å². The molecule has 1 aliphatic heterocycles. The molecular formula is C27H28O6. The van der Waals surface area contributed by atoms with Gasteiger partial charge in [-0.15, -0.1) is 0 Å². The van der Waals surface area contributed by atoms with Crippen LogP contribution in [0.25, 0.3) is 6.08 Å². The van der Waals surface area contributed by atoms with Crippen molar-refractivity contribution in [1.82, 2.24) is 0 Å². The minimum Gasteiger partial charge on any atom is -0.497 e. The Bertz CT molecular complexity index is 1080. The van der Waals surface area contributed by atoms with Gasteiger partial charge < -0.3 is 18.9 Å². The average Bonchev–Trinajstić information content (AvgIpc) is 2.84. The zero-order valence-electron chi connectivity index (χ0n) is 19.1. The van der Waals surface area contributed by atoms with Crippen LogP contribution in [0.3, 0.4) is 0 Å². The van der Waals surface area contributed by atoms with Crippen molar-refractivity contribution in [3.05, 3.63) is 76.6 Å². The van der Waals surface area contributed by atoms with Crippen LogP contribution in [0.4, 0.5) is 0 Å². The third-order valence-electron chi connectivity index (χ3n) is 6.11. The van der Waals surface area contributed by atoms with Gasteiger partial charge >= 0.3 is 11.9 Å². The molecule has 6 nitrogen and oxygen atoms in total. The first-order valence-electron chi connectivity index (χ1n) is 11.2. The van der Waals surface area contributed by atoms with Crippen LogP contribution in [0.5, 0.6) is 11.5 Å². The van der Waals surface area contributed by atoms with E-state index in [1.54, 1.807) is 21.1 Å². The summed E-state index contributed by atoms with van der Waals surface area (Å²) in [5.74, 6) is -0.521. The Morgan fingerprint density at radius 3 is 2.24 bits per heavy atom. The molecule has 0 radical (unpaired) electrons. The number of rotatable bonds is 6. The van der Waals surface area contributed by atoms with E-state index < -0.39 is 23.8 Å². The fourth-order valence-corrected chi connectivity index (χ4v) is 4.54. The molecule has 0 N–H and O–H groups in total. The van der Waals surface area contributed by atoms with Crippen molar-refractivity contribution < 1.29 is 28.5 Å². The van der Waals surface area contributed by atoms with Gasteiger partial charge in [0.25, 0.3) is 0 Å². The van der Waals surface area contributed by atoms with Crippen molar-refractivity contribution in [2.45, 2.75) is 32.1 Å². The van der Waals surface area contributed by atoms with E-state index in [2.05, 4.69) is 0 Å². The molecule has 172 valence electrons. The molecule has 1 heterocycles. The van der Waals surface area contributed by atoms with Crippen LogP contribution in [0.2, 0.25) is 0 Å². The van der Waals surface area contributed by atoms with Crippen molar-refractivity contribution in [2.24, 2.45) is 5.92 Å². The topological polar surface area (TPSA) is 71.1 Å². The predicted molar refractivity (Wildman–Crippen MR) is 124 cm³/mol. The van der Waals surface area contributed by atoms with Crippen molar-refractivity contribution >= 4 is 18.0 Å². The zero-order chi connectivity index (χ0) is 23.4. The number of allylic oxidation sites excluding steroid dienone is 2. The fourth-order valence-electron chi connectivity index (χ4n) is 4.54. The number of benzene rings is 2. The van der Waals surface area contributed by atoms with E-state index in [9.17, 15) is 9.59 Å². The Balaban J connectivity index is 1.79. The Morgan fingerprint density at radius 1 is 1.00 bits per heavy atom. The van der Waals surface area contributed by atoms with Crippen LogP contribution in [0, 0.1) is 5.92 Å². The van der Waals surface area contributed by atoms with E-state index in [1.807, 2.05) is 54.6 Å². The number of hydrogen-bond donors (Lipinski definition) is 0. The Kier molecular flexibility index (Phi) is 6.82. The largest absolute Gasteiger partial charge is 0.497 e. The Labute approximate surface area is 193 Å². The highest BCUT2D eigenvalue weighted by atomic mass is 16.6. The third kappa shape index (κ3) is 4.65. The lowest BCUT2D eigenvalue weighted by molar-refractivity contribution is -0.161. The van der Waals surface area contributed by atoms with E-state index in [4.69, 9.17) is 18.9 Å². The molecule has 2 atom stereocenters. The normalized spacial score (nSPS) is 21.3. The Hall–Kier alpha value is -3.54. The molecule has 2 aromatic rings. The highest BCUT2D eigenvalue weighted by Gasteiger charge is 2.46. The summed E-state index contributed by atoms with van der Waals surface area (Å²) in [7, 11) is 3.23. The molecule has 0 amide bonds. The summed E-state index contributed by atoms with van der Waals surface area (Å²) in [6.45, 7) is 1.93. The number of carbonyl (C=O) groups is 2. The smallest absolute Gasteiger partial charge is 0.326 e. The first-order chi connectivity index (χ1) is 16.0. The standard InChI is InChI=1S/C27H28O6/c1-4-32-26(28)24-23(18-10-14-21(31-3)15-11-18)22-7-5-6-19(25(22)33-27(24)29)16-17-8-12-20(30-2)13-9-17/h8-16,23-24H,4-7H2,1-3H3. The molecule has 2 unspecified atom stereocenters. The van der Waals surface area contributed by atoms with Gasteiger partial charge in [-0.3, -0.25) is 9.59 Å². The predicted octanol–water partition coefficient (Wildman–Crippen LogP) is 5.05. The van der Waals surface area contributed by atoms with Gasteiger partial charge in [0.15, 0.2) is 5.92 Å². The second-order valence-electron chi connectivity index (χ2n) is 8.05. The lowest BCUT2D eigenvalue weighted by Crippen LogP contribution is -2.39. The molecule has 2 aromatic carbocycles. The molecule has 1 aliphatic carbocycles. The minimum atomic E-state index is -1.03. The maximum atomic E-state index is 13.1. The van der Waals surface area contributed by atoms with Crippen LogP contribution in [0.1, 0.15) is 43.2 Å². The van der Waals surface area contributed by atoms with Gasteiger partial charge in [-0.1, -0.05) is 24.3 Å². The highest BCUT2D eigenvalue weighted by Crippen LogP contribution is 2.47. The molecule has 6 heteroatoms. The average molecular weight is 449 g/mol. The molecule has 0 saturated carbocycles. The second-order valence-corrected chi connectivity index (χ2v) is 8.05. The molecule has 4 rings (SSSR count). The summed E-state index contributed by atoms with van der Waals surface area (Å²) in [4.78, 5) is 26.0. The summed E-state index contributed by atoms with van der Waals surface area (Å²) in [6.07, 6.45) is 4.48. The summed E-state index contributed by atoms with van der Waals surface area (Å²) >= 11 is 0. The first-order valence-corrected chi connectivity index (χ1v) is 11.2. The first kappa shape index (κ1) is 22.6. The Morgan fingerprint density at radius 2 is 1.64 bits per heavy atom. The quantitative estimate of drug-likeness (QED) is 0.455. The molecule has 33 heavy (non-hydrogen) atoms. The minimum absolute atomic E-state index is 0.201. The van der Waals surface area contributed by atoms with Crippen LogP contribution in [0.15, 0.2) is 65.4 Å². The number of carbonyl (C=O) groups excluding carboxylic acids is 2. The number of hydrogen-bond acceptors (Lipinski definition) is 6. The molecule has 0 aromatic heterocycles. The molecule has 0 spiro atoms. The van der Waals surface area contributed by atoms with Crippen LogP contribution < -0.4 is 9.47 Å². The van der Waals surface area contributed by atoms with E-state index in [1.165, 1.54) is 0 Å². The van der Waals surface area contributed by atoms with Gasteiger partial charge in [-0.2, -0.15) is 0 Å². The van der Waals surface area contributed by atoms with E-state index in [-0.39, 0.29) is 6.61 Å².